The predicted molar refractivity (Wildman–Crippen MR) is 80.7 cm³/mol. The van der Waals surface area contributed by atoms with Crippen LogP contribution in [0.25, 0.3) is 11.0 Å². The highest BCUT2D eigenvalue weighted by Crippen LogP contribution is 2.20. The number of nitrogens with zero attached hydrogens (tertiary/aromatic N) is 1. The molecule has 0 bridgehead atoms. The Hall–Kier alpha value is -1.04. The van der Waals surface area contributed by atoms with Crippen molar-refractivity contribution in [3.05, 3.63) is 23.8 Å². The Bertz CT molecular complexity index is 526. The van der Waals surface area contributed by atoms with E-state index in [1.54, 1.807) is 11.8 Å². The first kappa shape index (κ1) is 14.4. The van der Waals surface area contributed by atoms with Crippen molar-refractivity contribution in [3.63, 3.8) is 0 Å². The van der Waals surface area contributed by atoms with Crippen molar-refractivity contribution in [1.29, 1.82) is 0 Å². The number of aromatic amines is 1. The van der Waals surface area contributed by atoms with Crippen molar-refractivity contribution in [1.82, 2.24) is 15.3 Å². The van der Waals surface area contributed by atoms with Crippen molar-refractivity contribution in [2.45, 2.75) is 31.5 Å². The highest BCUT2D eigenvalue weighted by molar-refractivity contribution is 7.99. The molecule has 104 valence electrons. The van der Waals surface area contributed by atoms with Gasteiger partial charge in [0.1, 0.15) is 0 Å². The first-order chi connectivity index (χ1) is 9.22. The van der Waals surface area contributed by atoms with Gasteiger partial charge in [-0.05, 0) is 37.6 Å². The van der Waals surface area contributed by atoms with E-state index in [2.05, 4.69) is 41.3 Å². The Balaban J connectivity index is 1.97. The number of hydrogen-bond donors (Lipinski definition) is 3. The van der Waals surface area contributed by atoms with Crippen LogP contribution in [-0.4, -0.2) is 40.0 Å². The summed E-state index contributed by atoms with van der Waals surface area (Å²) in [7, 11) is 0. The third kappa shape index (κ3) is 3.96. The van der Waals surface area contributed by atoms with Gasteiger partial charge in [0.15, 0.2) is 5.16 Å². The lowest BCUT2D eigenvalue weighted by Gasteiger charge is -2.14. The Kier molecular flexibility index (Phi) is 5.24. The minimum absolute atomic E-state index is 0.125. The first-order valence-corrected chi connectivity index (χ1v) is 7.65. The zero-order valence-electron chi connectivity index (χ0n) is 11.4. The number of nitrogens with one attached hydrogen (secondary N) is 2. The van der Waals surface area contributed by atoms with E-state index in [9.17, 15) is 5.11 Å². The van der Waals surface area contributed by atoms with Gasteiger partial charge in [-0.1, -0.05) is 24.8 Å². The molecule has 3 N–H and O–H groups in total. The van der Waals surface area contributed by atoms with Crippen LogP contribution in [0.15, 0.2) is 23.4 Å². The van der Waals surface area contributed by atoms with Crippen LogP contribution in [0, 0.1) is 6.92 Å². The van der Waals surface area contributed by atoms with Crippen LogP contribution >= 0.6 is 11.8 Å². The molecule has 1 unspecified atom stereocenters. The quantitative estimate of drug-likeness (QED) is 0.681. The van der Waals surface area contributed by atoms with E-state index in [4.69, 9.17) is 0 Å². The van der Waals surface area contributed by atoms with Crippen LogP contribution in [-0.2, 0) is 0 Å². The van der Waals surface area contributed by atoms with Crippen molar-refractivity contribution >= 4 is 22.8 Å². The van der Waals surface area contributed by atoms with Gasteiger partial charge in [0.25, 0.3) is 0 Å². The van der Waals surface area contributed by atoms with E-state index in [0.717, 1.165) is 34.9 Å². The van der Waals surface area contributed by atoms with Crippen molar-refractivity contribution in [3.8, 4) is 0 Å². The summed E-state index contributed by atoms with van der Waals surface area (Å²) in [6, 6.07) is 6.33. The second-order valence-electron chi connectivity index (χ2n) is 4.71. The molecule has 0 aliphatic heterocycles. The first-order valence-electron chi connectivity index (χ1n) is 6.66. The van der Waals surface area contributed by atoms with E-state index in [0.29, 0.717) is 0 Å². The van der Waals surface area contributed by atoms with Gasteiger partial charge in [-0.2, -0.15) is 0 Å². The second-order valence-corrected chi connectivity index (χ2v) is 5.72. The summed E-state index contributed by atoms with van der Waals surface area (Å²) in [5.41, 5.74) is 3.30. The van der Waals surface area contributed by atoms with E-state index < -0.39 is 0 Å². The zero-order chi connectivity index (χ0) is 13.7. The number of imidazole rings is 1. The van der Waals surface area contributed by atoms with E-state index in [1.807, 2.05) is 6.07 Å². The maximum atomic E-state index is 9.30. The van der Waals surface area contributed by atoms with Gasteiger partial charge in [0.05, 0.1) is 17.6 Å². The van der Waals surface area contributed by atoms with Crippen LogP contribution in [0.1, 0.15) is 18.9 Å². The maximum Gasteiger partial charge on any atom is 0.166 e. The van der Waals surface area contributed by atoms with E-state index in [-0.39, 0.29) is 12.6 Å². The third-order valence-electron chi connectivity index (χ3n) is 2.94. The molecule has 1 aromatic carbocycles. The normalized spacial score (nSPS) is 13.0. The van der Waals surface area contributed by atoms with Gasteiger partial charge in [0, 0.05) is 11.8 Å². The number of aliphatic hydroxyl groups is 1. The number of thioether (sulfide) groups is 1. The molecular weight excluding hydrogens is 258 g/mol. The molecule has 0 spiro atoms. The fourth-order valence-electron chi connectivity index (χ4n) is 1.87. The van der Waals surface area contributed by atoms with Crippen LogP contribution in [0.3, 0.4) is 0 Å². The molecule has 0 amide bonds. The summed E-state index contributed by atoms with van der Waals surface area (Å²) in [4.78, 5) is 7.85. The lowest BCUT2D eigenvalue weighted by atomic mass is 10.2. The van der Waals surface area contributed by atoms with E-state index in [1.165, 1.54) is 5.56 Å². The fraction of sp³-hybridized carbons (Fsp3) is 0.500. The topological polar surface area (TPSA) is 60.9 Å². The van der Waals surface area contributed by atoms with E-state index >= 15 is 0 Å². The summed E-state index contributed by atoms with van der Waals surface area (Å²) in [5, 5.41) is 13.5. The van der Waals surface area contributed by atoms with Crippen molar-refractivity contribution < 1.29 is 5.11 Å². The summed E-state index contributed by atoms with van der Waals surface area (Å²) in [5.74, 6) is 0.815. The Labute approximate surface area is 118 Å². The van der Waals surface area contributed by atoms with Gasteiger partial charge in [0.2, 0.25) is 0 Å². The summed E-state index contributed by atoms with van der Waals surface area (Å²) in [6.45, 7) is 5.29. The van der Waals surface area contributed by atoms with Crippen molar-refractivity contribution in [2.24, 2.45) is 0 Å². The monoisotopic (exact) mass is 279 g/mol. The number of hydrogen-bond acceptors (Lipinski definition) is 4. The molecule has 2 rings (SSSR count). The molecule has 2 aromatic rings. The van der Waals surface area contributed by atoms with Gasteiger partial charge in [-0.3, -0.25) is 0 Å². The zero-order valence-corrected chi connectivity index (χ0v) is 12.3. The molecule has 1 aromatic heterocycles. The number of aliphatic hydroxyl groups excluding tert-OH is 1. The molecule has 0 aliphatic carbocycles. The minimum Gasteiger partial charge on any atom is -0.395 e. The van der Waals surface area contributed by atoms with Crippen molar-refractivity contribution in [2.75, 3.05) is 18.9 Å². The lowest BCUT2D eigenvalue weighted by Crippen LogP contribution is -2.35. The lowest BCUT2D eigenvalue weighted by molar-refractivity contribution is 0.254. The van der Waals surface area contributed by atoms with Gasteiger partial charge < -0.3 is 15.4 Å². The summed E-state index contributed by atoms with van der Waals surface area (Å²) in [6.07, 6.45) is 1.07. The molecule has 5 heteroatoms. The number of aromatic nitrogens is 2. The standard InChI is InChI=1S/C14H21N3OS/c1-3-6-15-11(8-18)9-19-14-16-12-5-4-10(2)7-13(12)17-14/h4-5,7,11,15,18H,3,6,8-9H2,1-2H3,(H,16,17). The Morgan fingerprint density at radius 3 is 3.05 bits per heavy atom. The molecule has 0 fully saturated rings. The highest BCUT2D eigenvalue weighted by atomic mass is 32.2. The molecule has 4 nitrogen and oxygen atoms in total. The van der Waals surface area contributed by atoms with Crippen LogP contribution in [0.5, 0.6) is 0 Å². The minimum atomic E-state index is 0.125. The third-order valence-corrected chi connectivity index (χ3v) is 3.98. The highest BCUT2D eigenvalue weighted by Gasteiger charge is 2.09. The summed E-state index contributed by atoms with van der Waals surface area (Å²) >= 11 is 1.65. The molecule has 0 aliphatic rings. The number of aryl methyl sites for hydroxylation is 1. The average molecular weight is 279 g/mol. The smallest absolute Gasteiger partial charge is 0.166 e. The average Bonchev–Trinajstić information content (AvgIpc) is 2.81. The van der Waals surface area contributed by atoms with Gasteiger partial charge in [-0.15, -0.1) is 0 Å². The number of benzene rings is 1. The largest absolute Gasteiger partial charge is 0.395 e. The molecule has 1 atom stereocenters. The van der Waals surface area contributed by atoms with Crippen LogP contribution in [0.2, 0.25) is 0 Å². The fourth-order valence-corrected chi connectivity index (χ4v) is 2.80. The number of fused-ring (bicyclic) bond motifs is 1. The molecular formula is C14H21N3OS. The maximum absolute atomic E-state index is 9.30. The van der Waals surface area contributed by atoms with Crippen LogP contribution < -0.4 is 5.32 Å². The molecule has 19 heavy (non-hydrogen) atoms. The van der Waals surface area contributed by atoms with Crippen LogP contribution in [0.4, 0.5) is 0 Å². The van der Waals surface area contributed by atoms with Gasteiger partial charge >= 0.3 is 0 Å². The predicted octanol–water partition coefficient (Wildman–Crippen LogP) is 2.32. The molecule has 0 radical (unpaired) electrons. The number of rotatable bonds is 7. The Morgan fingerprint density at radius 1 is 1.47 bits per heavy atom. The molecule has 0 saturated heterocycles. The molecule has 1 heterocycles. The number of H-pyrrole nitrogens is 1. The SMILES string of the molecule is CCCNC(CO)CSc1nc2ccc(C)cc2[nH]1. The Morgan fingerprint density at radius 2 is 2.32 bits per heavy atom. The second kappa shape index (κ2) is 6.93. The molecule has 0 saturated carbocycles. The summed E-state index contributed by atoms with van der Waals surface area (Å²) < 4.78 is 0. The van der Waals surface area contributed by atoms with Gasteiger partial charge in [-0.25, -0.2) is 4.98 Å².